The molecule has 2 N–H and O–H groups in total. The van der Waals surface area contributed by atoms with Crippen LogP contribution >= 0.6 is 0 Å². The molecular formula is C24H22FN3O2. The maximum absolute atomic E-state index is 14.0. The molecule has 2 amide bonds. The second kappa shape index (κ2) is 8.78. The summed E-state index contributed by atoms with van der Waals surface area (Å²) in [6.45, 7) is 1.79. The fourth-order valence-electron chi connectivity index (χ4n) is 3.51. The van der Waals surface area contributed by atoms with Crippen LogP contribution in [0.3, 0.4) is 0 Å². The fraction of sp³-hybridized carbons (Fsp3) is 0.167. The number of rotatable bonds is 5. The van der Waals surface area contributed by atoms with Gasteiger partial charge in [-0.3, -0.25) is 9.59 Å². The van der Waals surface area contributed by atoms with Crippen LogP contribution in [-0.4, -0.2) is 24.9 Å². The van der Waals surface area contributed by atoms with E-state index in [-0.39, 0.29) is 17.6 Å². The van der Waals surface area contributed by atoms with Crippen LogP contribution in [0.5, 0.6) is 0 Å². The lowest BCUT2D eigenvalue weighted by Crippen LogP contribution is -2.18. The van der Waals surface area contributed by atoms with E-state index in [4.69, 9.17) is 0 Å². The summed E-state index contributed by atoms with van der Waals surface area (Å²) in [5, 5.41) is 5.55. The van der Waals surface area contributed by atoms with Crippen LogP contribution in [0, 0.1) is 5.82 Å². The molecule has 0 radical (unpaired) electrons. The summed E-state index contributed by atoms with van der Waals surface area (Å²) in [4.78, 5) is 26.9. The van der Waals surface area contributed by atoms with E-state index in [2.05, 4.69) is 15.5 Å². The highest BCUT2D eigenvalue weighted by Crippen LogP contribution is 2.25. The van der Waals surface area contributed by atoms with E-state index in [0.717, 1.165) is 31.6 Å². The third-order valence-electron chi connectivity index (χ3n) is 5.05. The Balaban J connectivity index is 1.42. The van der Waals surface area contributed by atoms with E-state index in [0.29, 0.717) is 22.5 Å². The summed E-state index contributed by atoms with van der Waals surface area (Å²) in [6.07, 6.45) is 2.18. The molecule has 1 saturated heterocycles. The number of carbonyl (C=O) groups excluding carboxylic acids is 2. The lowest BCUT2D eigenvalue weighted by molar-refractivity contribution is 0.102. The molecule has 4 rings (SSSR count). The van der Waals surface area contributed by atoms with Gasteiger partial charge in [-0.1, -0.05) is 18.2 Å². The van der Waals surface area contributed by atoms with E-state index in [1.807, 2.05) is 6.07 Å². The van der Waals surface area contributed by atoms with Crippen molar-refractivity contribution in [3.8, 4) is 0 Å². The third-order valence-corrected chi connectivity index (χ3v) is 5.05. The average molecular weight is 403 g/mol. The molecule has 0 spiro atoms. The third kappa shape index (κ3) is 4.66. The van der Waals surface area contributed by atoms with Crippen LogP contribution in [0.4, 0.5) is 21.5 Å². The van der Waals surface area contributed by atoms with E-state index in [1.165, 1.54) is 12.1 Å². The first kappa shape index (κ1) is 19.6. The number of benzene rings is 3. The number of nitrogens with one attached hydrogen (secondary N) is 2. The minimum Gasteiger partial charge on any atom is -0.371 e. The maximum Gasteiger partial charge on any atom is 0.255 e. The van der Waals surface area contributed by atoms with Gasteiger partial charge in [-0.2, -0.15) is 0 Å². The summed E-state index contributed by atoms with van der Waals surface area (Å²) >= 11 is 0. The highest BCUT2D eigenvalue weighted by atomic mass is 19.1. The van der Waals surface area contributed by atoms with Gasteiger partial charge >= 0.3 is 0 Å². The first-order chi connectivity index (χ1) is 14.6. The van der Waals surface area contributed by atoms with Gasteiger partial charge in [0.15, 0.2) is 0 Å². The van der Waals surface area contributed by atoms with Crippen molar-refractivity contribution < 1.29 is 14.0 Å². The number of anilines is 3. The van der Waals surface area contributed by atoms with Crippen LogP contribution in [0.2, 0.25) is 0 Å². The zero-order valence-electron chi connectivity index (χ0n) is 16.4. The summed E-state index contributed by atoms with van der Waals surface area (Å²) < 4.78 is 14.0. The van der Waals surface area contributed by atoms with Crippen molar-refractivity contribution in [1.82, 2.24) is 0 Å². The molecule has 0 atom stereocenters. The monoisotopic (exact) mass is 403 g/mol. The molecule has 0 bridgehead atoms. The van der Waals surface area contributed by atoms with Gasteiger partial charge in [0.1, 0.15) is 5.82 Å². The van der Waals surface area contributed by atoms with Gasteiger partial charge in [-0.05, 0) is 67.4 Å². The predicted octanol–water partition coefficient (Wildman–Crippen LogP) is 4.93. The van der Waals surface area contributed by atoms with Crippen molar-refractivity contribution in [3.63, 3.8) is 0 Å². The Morgan fingerprint density at radius 2 is 1.33 bits per heavy atom. The smallest absolute Gasteiger partial charge is 0.255 e. The topological polar surface area (TPSA) is 61.4 Å². The number of carbonyl (C=O) groups is 2. The van der Waals surface area contributed by atoms with Crippen LogP contribution in [0.25, 0.3) is 0 Å². The van der Waals surface area contributed by atoms with Crippen molar-refractivity contribution in [1.29, 1.82) is 0 Å². The quantitative estimate of drug-likeness (QED) is 0.635. The molecule has 5 nitrogen and oxygen atoms in total. The standard InChI is InChI=1S/C24H22FN3O2/c25-19-14-21(16-22(15-19)28-12-4-5-13-28)27-24(30)18-8-10-20(11-9-18)26-23(29)17-6-2-1-3-7-17/h1-3,6-11,14-16H,4-5,12-13H2,(H,26,29)(H,27,30). The molecule has 6 heteroatoms. The number of amides is 2. The van der Waals surface area contributed by atoms with Crippen molar-refractivity contribution in [2.45, 2.75) is 12.8 Å². The van der Waals surface area contributed by atoms with Crippen LogP contribution in [0.15, 0.2) is 72.8 Å². The largest absolute Gasteiger partial charge is 0.371 e. The molecule has 0 unspecified atom stereocenters. The summed E-state index contributed by atoms with van der Waals surface area (Å²) in [7, 11) is 0. The molecule has 152 valence electrons. The normalized spacial score (nSPS) is 13.2. The zero-order valence-corrected chi connectivity index (χ0v) is 16.4. The summed E-state index contributed by atoms with van der Waals surface area (Å²) in [5.41, 5.74) is 2.76. The van der Waals surface area contributed by atoms with Crippen molar-refractivity contribution in [2.75, 3.05) is 28.6 Å². The van der Waals surface area contributed by atoms with Gasteiger partial charge in [0.05, 0.1) is 0 Å². The van der Waals surface area contributed by atoms with E-state index in [1.54, 1.807) is 54.6 Å². The molecule has 3 aromatic rings. The van der Waals surface area contributed by atoms with Gasteiger partial charge in [-0.25, -0.2) is 4.39 Å². The lowest BCUT2D eigenvalue weighted by atomic mass is 10.1. The van der Waals surface area contributed by atoms with Crippen molar-refractivity contribution in [3.05, 3.63) is 89.7 Å². The fourth-order valence-corrected chi connectivity index (χ4v) is 3.51. The Morgan fingerprint density at radius 3 is 2.00 bits per heavy atom. The zero-order chi connectivity index (χ0) is 20.9. The SMILES string of the molecule is O=C(Nc1ccc(C(=O)Nc2cc(F)cc(N3CCCC3)c2)cc1)c1ccccc1. The molecule has 3 aromatic carbocycles. The molecule has 0 aromatic heterocycles. The Morgan fingerprint density at radius 1 is 0.733 bits per heavy atom. The molecule has 1 aliphatic rings. The van der Waals surface area contributed by atoms with Gasteiger partial charge in [0, 0.05) is 41.3 Å². The van der Waals surface area contributed by atoms with Crippen molar-refractivity contribution in [2.24, 2.45) is 0 Å². The van der Waals surface area contributed by atoms with Crippen LogP contribution < -0.4 is 15.5 Å². The minimum absolute atomic E-state index is 0.220. The van der Waals surface area contributed by atoms with Crippen LogP contribution in [-0.2, 0) is 0 Å². The number of hydrogen-bond donors (Lipinski definition) is 2. The maximum atomic E-state index is 14.0. The van der Waals surface area contributed by atoms with Gasteiger partial charge in [-0.15, -0.1) is 0 Å². The van der Waals surface area contributed by atoms with Gasteiger partial charge in [0.2, 0.25) is 0 Å². The molecular weight excluding hydrogens is 381 g/mol. The molecule has 0 aliphatic carbocycles. The van der Waals surface area contributed by atoms with Crippen molar-refractivity contribution >= 4 is 28.9 Å². The number of nitrogens with zero attached hydrogens (tertiary/aromatic N) is 1. The number of hydrogen-bond acceptors (Lipinski definition) is 3. The second-order valence-corrected chi connectivity index (χ2v) is 7.24. The highest BCUT2D eigenvalue weighted by Gasteiger charge is 2.15. The molecule has 1 aliphatic heterocycles. The lowest BCUT2D eigenvalue weighted by Gasteiger charge is -2.19. The Labute approximate surface area is 174 Å². The predicted molar refractivity (Wildman–Crippen MR) is 117 cm³/mol. The number of halogens is 1. The van der Waals surface area contributed by atoms with E-state index < -0.39 is 0 Å². The summed E-state index contributed by atoms with van der Waals surface area (Å²) in [6, 6.07) is 20.1. The molecule has 1 heterocycles. The van der Waals surface area contributed by atoms with E-state index >= 15 is 0 Å². The van der Waals surface area contributed by atoms with Gasteiger partial charge < -0.3 is 15.5 Å². The van der Waals surface area contributed by atoms with Gasteiger partial charge in [0.25, 0.3) is 11.8 Å². The van der Waals surface area contributed by atoms with Crippen LogP contribution in [0.1, 0.15) is 33.6 Å². The Kier molecular flexibility index (Phi) is 5.75. The summed E-state index contributed by atoms with van der Waals surface area (Å²) in [5.74, 6) is -0.940. The Hall–Kier alpha value is -3.67. The van der Waals surface area contributed by atoms with E-state index in [9.17, 15) is 14.0 Å². The average Bonchev–Trinajstić information content (AvgIpc) is 3.29. The first-order valence-electron chi connectivity index (χ1n) is 9.92. The minimum atomic E-state index is -0.381. The molecule has 30 heavy (non-hydrogen) atoms. The molecule has 0 saturated carbocycles. The molecule has 1 fully saturated rings. The Bertz CT molecular complexity index is 1050. The second-order valence-electron chi connectivity index (χ2n) is 7.24. The highest BCUT2D eigenvalue weighted by molar-refractivity contribution is 6.06. The first-order valence-corrected chi connectivity index (χ1v) is 9.92.